The van der Waals surface area contributed by atoms with Crippen LogP contribution in [0, 0.1) is 11.3 Å². The molecule has 3 aromatic rings. The highest BCUT2D eigenvalue weighted by Gasteiger charge is 2.13. The van der Waals surface area contributed by atoms with Gasteiger partial charge in [-0.3, -0.25) is 0 Å². The summed E-state index contributed by atoms with van der Waals surface area (Å²) in [5.74, 6) is 0. The maximum atomic E-state index is 12.0. The Hall–Kier alpha value is -2.56. The molecule has 0 radical (unpaired) electrons. The number of aromatic amines is 1. The first kappa shape index (κ1) is 14.4. The number of benzene rings is 1. The number of hydrogen-bond acceptors (Lipinski definition) is 5. The maximum absolute atomic E-state index is 12.0. The number of nitriles is 1. The van der Waals surface area contributed by atoms with Crippen molar-refractivity contribution in [3.8, 4) is 11.8 Å². The van der Waals surface area contributed by atoms with Gasteiger partial charge in [-0.05, 0) is 36.0 Å². The molecular formula is C14H8ClN5OS. The van der Waals surface area contributed by atoms with E-state index in [1.807, 2.05) is 24.3 Å². The molecule has 2 aromatic heterocycles. The lowest BCUT2D eigenvalue weighted by molar-refractivity contribution is 0.867. The van der Waals surface area contributed by atoms with Crippen LogP contribution >= 0.6 is 23.4 Å². The highest BCUT2D eigenvalue weighted by atomic mass is 35.5. The molecule has 0 aliphatic carbocycles. The summed E-state index contributed by atoms with van der Waals surface area (Å²) < 4.78 is 1.43. The summed E-state index contributed by atoms with van der Waals surface area (Å²) in [5, 5.41) is 16.5. The average Bonchev–Trinajstić information content (AvgIpc) is 2.88. The fourth-order valence-electron chi connectivity index (χ4n) is 1.84. The molecule has 0 unspecified atom stereocenters. The molecule has 0 amide bonds. The van der Waals surface area contributed by atoms with E-state index < -0.39 is 0 Å². The molecular weight excluding hydrogens is 322 g/mol. The minimum atomic E-state index is -0.351. The summed E-state index contributed by atoms with van der Waals surface area (Å²) in [6.45, 7) is 0. The third kappa shape index (κ3) is 2.88. The Morgan fingerprint density at radius 2 is 2.05 bits per heavy atom. The zero-order valence-corrected chi connectivity index (χ0v) is 12.6. The Morgan fingerprint density at radius 1 is 1.27 bits per heavy atom. The van der Waals surface area contributed by atoms with E-state index in [-0.39, 0.29) is 10.8 Å². The second-order valence-corrected chi connectivity index (χ2v) is 5.59. The van der Waals surface area contributed by atoms with Crippen LogP contribution in [0.15, 0.2) is 57.4 Å². The summed E-state index contributed by atoms with van der Waals surface area (Å²) in [7, 11) is 0. The van der Waals surface area contributed by atoms with E-state index in [9.17, 15) is 4.79 Å². The molecule has 0 fully saturated rings. The van der Waals surface area contributed by atoms with Gasteiger partial charge in [-0.25, -0.2) is 19.4 Å². The number of hydrogen-bond donors (Lipinski definition) is 1. The van der Waals surface area contributed by atoms with E-state index >= 15 is 0 Å². The van der Waals surface area contributed by atoms with Crippen molar-refractivity contribution in [2.75, 3.05) is 0 Å². The molecule has 0 saturated carbocycles. The van der Waals surface area contributed by atoms with Crippen LogP contribution in [0.3, 0.4) is 0 Å². The predicted molar refractivity (Wildman–Crippen MR) is 82.3 cm³/mol. The SMILES string of the molecule is N#Cc1cc(Cl)nc(Sc2n[nH]c(=O)n2-c2ccccc2)c1. The fraction of sp³-hybridized carbons (Fsp3) is 0. The van der Waals surface area contributed by atoms with Gasteiger partial charge in [0.15, 0.2) is 0 Å². The smallest absolute Gasteiger partial charge is 0.246 e. The Kier molecular flexibility index (Phi) is 3.96. The van der Waals surface area contributed by atoms with Crippen molar-refractivity contribution in [3.63, 3.8) is 0 Å². The van der Waals surface area contributed by atoms with Gasteiger partial charge >= 0.3 is 5.69 Å². The van der Waals surface area contributed by atoms with E-state index in [2.05, 4.69) is 15.2 Å². The van der Waals surface area contributed by atoms with Crippen LogP contribution in [0.25, 0.3) is 5.69 Å². The molecule has 0 atom stereocenters. The minimum Gasteiger partial charge on any atom is -0.246 e. The molecule has 3 rings (SSSR count). The highest BCUT2D eigenvalue weighted by molar-refractivity contribution is 7.99. The summed E-state index contributed by atoms with van der Waals surface area (Å²) in [6, 6.07) is 14.2. The Labute approximate surface area is 134 Å². The first-order valence-corrected chi connectivity index (χ1v) is 7.35. The van der Waals surface area contributed by atoms with E-state index in [0.29, 0.717) is 21.4 Å². The van der Waals surface area contributed by atoms with E-state index in [1.54, 1.807) is 18.2 Å². The van der Waals surface area contributed by atoms with Crippen LogP contribution in [-0.2, 0) is 0 Å². The molecule has 8 heteroatoms. The molecule has 0 saturated heterocycles. The number of halogens is 1. The van der Waals surface area contributed by atoms with Crippen molar-refractivity contribution in [3.05, 3.63) is 63.7 Å². The Morgan fingerprint density at radius 3 is 2.77 bits per heavy atom. The molecule has 6 nitrogen and oxygen atoms in total. The molecule has 0 aliphatic rings. The molecule has 108 valence electrons. The lowest BCUT2D eigenvalue weighted by atomic mass is 10.3. The third-order valence-corrected chi connectivity index (χ3v) is 3.82. The molecule has 0 aliphatic heterocycles. The minimum absolute atomic E-state index is 0.214. The number of para-hydroxylation sites is 1. The standard InChI is InChI=1S/C14H8ClN5OS/c15-11-6-9(8-16)7-12(17-11)22-14-19-18-13(21)20(14)10-4-2-1-3-5-10/h1-7H,(H,18,21). The number of rotatable bonds is 3. The lowest BCUT2D eigenvalue weighted by Gasteiger charge is -2.05. The van der Waals surface area contributed by atoms with Crippen molar-refractivity contribution >= 4 is 23.4 Å². The number of aromatic nitrogens is 4. The number of pyridine rings is 1. The van der Waals surface area contributed by atoms with Gasteiger partial charge in [0.25, 0.3) is 0 Å². The molecule has 1 aromatic carbocycles. The van der Waals surface area contributed by atoms with E-state index in [1.165, 1.54) is 10.6 Å². The number of nitrogens with zero attached hydrogens (tertiary/aromatic N) is 4. The Bertz CT molecular complexity index is 913. The summed E-state index contributed by atoms with van der Waals surface area (Å²) in [4.78, 5) is 16.1. The zero-order chi connectivity index (χ0) is 15.5. The average molecular weight is 330 g/mol. The van der Waals surface area contributed by atoms with Crippen molar-refractivity contribution in [2.45, 2.75) is 10.2 Å². The number of nitrogens with one attached hydrogen (secondary N) is 1. The van der Waals surface area contributed by atoms with Gasteiger partial charge in [0, 0.05) is 0 Å². The van der Waals surface area contributed by atoms with Crippen molar-refractivity contribution < 1.29 is 0 Å². The van der Waals surface area contributed by atoms with Crippen LogP contribution in [0.5, 0.6) is 0 Å². The van der Waals surface area contributed by atoms with Crippen molar-refractivity contribution in [1.29, 1.82) is 5.26 Å². The van der Waals surface area contributed by atoms with E-state index in [0.717, 1.165) is 11.8 Å². The van der Waals surface area contributed by atoms with Gasteiger partial charge in [-0.2, -0.15) is 5.26 Å². The van der Waals surface area contributed by atoms with Gasteiger partial charge in [-0.1, -0.05) is 29.8 Å². The van der Waals surface area contributed by atoms with Gasteiger partial charge in [0.1, 0.15) is 10.2 Å². The number of H-pyrrole nitrogens is 1. The van der Waals surface area contributed by atoms with Crippen LogP contribution in [0.1, 0.15) is 5.56 Å². The topological polar surface area (TPSA) is 87.4 Å². The third-order valence-electron chi connectivity index (χ3n) is 2.75. The fourth-order valence-corrected chi connectivity index (χ4v) is 2.99. The van der Waals surface area contributed by atoms with Gasteiger partial charge < -0.3 is 0 Å². The van der Waals surface area contributed by atoms with Crippen LogP contribution in [0.4, 0.5) is 0 Å². The monoisotopic (exact) mass is 329 g/mol. The van der Waals surface area contributed by atoms with Gasteiger partial charge in [0.05, 0.1) is 17.3 Å². The quantitative estimate of drug-likeness (QED) is 0.746. The van der Waals surface area contributed by atoms with Crippen LogP contribution in [0.2, 0.25) is 5.15 Å². The highest BCUT2D eigenvalue weighted by Crippen LogP contribution is 2.27. The first-order chi connectivity index (χ1) is 10.7. The van der Waals surface area contributed by atoms with Gasteiger partial charge in [-0.15, -0.1) is 5.10 Å². The predicted octanol–water partition coefficient (Wildman–Crippen LogP) is 2.63. The van der Waals surface area contributed by atoms with Crippen LogP contribution in [-0.4, -0.2) is 19.7 Å². The molecule has 0 bridgehead atoms. The van der Waals surface area contributed by atoms with Crippen molar-refractivity contribution in [1.82, 2.24) is 19.7 Å². The normalized spacial score (nSPS) is 10.4. The molecule has 22 heavy (non-hydrogen) atoms. The zero-order valence-electron chi connectivity index (χ0n) is 11.0. The molecule has 0 spiro atoms. The molecule has 2 heterocycles. The molecule has 1 N–H and O–H groups in total. The lowest BCUT2D eigenvalue weighted by Crippen LogP contribution is -2.15. The van der Waals surface area contributed by atoms with Gasteiger partial charge in [0.2, 0.25) is 5.16 Å². The summed E-state index contributed by atoms with van der Waals surface area (Å²) in [6.07, 6.45) is 0. The summed E-state index contributed by atoms with van der Waals surface area (Å²) in [5.41, 5.74) is 0.731. The van der Waals surface area contributed by atoms with Crippen LogP contribution < -0.4 is 5.69 Å². The Balaban J connectivity index is 2.03. The second-order valence-electron chi connectivity index (χ2n) is 4.21. The first-order valence-electron chi connectivity index (χ1n) is 6.16. The van der Waals surface area contributed by atoms with E-state index in [4.69, 9.17) is 16.9 Å². The second kappa shape index (κ2) is 6.05. The van der Waals surface area contributed by atoms with Crippen molar-refractivity contribution in [2.24, 2.45) is 0 Å². The maximum Gasteiger partial charge on any atom is 0.348 e. The summed E-state index contributed by atoms with van der Waals surface area (Å²) >= 11 is 7.03. The largest absolute Gasteiger partial charge is 0.348 e.